The maximum Gasteiger partial charge on any atom is 0.374 e. The summed E-state index contributed by atoms with van der Waals surface area (Å²) in [4.78, 5) is 10.7. The van der Waals surface area contributed by atoms with E-state index in [1.807, 2.05) is 12.1 Å². The lowest BCUT2D eigenvalue weighted by Gasteiger charge is -2.08. The van der Waals surface area contributed by atoms with Gasteiger partial charge in [-0.3, -0.25) is 0 Å². The number of halogens is 1. The minimum atomic E-state index is -1.14. The molecule has 0 atom stereocenters. The monoisotopic (exact) mass is 265 g/mol. The lowest BCUT2D eigenvalue weighted by atomic mass is 10.0. The first-order valence-corrected chi connectivity index (χ1v) is 5.86. The minimum Gasteiger partial charge on any atom is -0.475 e. The molecule has 5 heteroatoms. The highest BCUT2D eigenvalue weighted by Gasteiger charge is 2.13. The SMILES string of the molecule is CC(C)c1ccc(-c2cc(C(=O)O)on2)cc1Cl. The van der Waals surface area contributed by atoms with E-state index in [2.05, 4.69) is 19.0 Å². The van der Waals surface area contributed by atoms with Gasteiger partial charge in [0.25, 0.3) is 0 Å². The van der Waals surface area contributed by atoms with Gasteiger partial charge in [0.05, 0.1) is 0 Å². The summed E-state index contributed by atoms with van der Waals surface area (Å²) in [5, 5.41) is 13.1. The van der Waals surface area contributed by atoms with E-state index >= 15 is 0 Å². The van der Waals surface area contributed by atoms with Crippen molar-refractivity contribution >= 4 is 17.6 Å². The lowest BCUT2D eigenvalue weighted by Crippen LogP contribution is -1.91. The van der Waals surface area contributed by atoms with Crippen LogP contribution in [0.5, 0.6) is 0 Å². The van der Waals surface area contributed by atoms with Crippen molar-refractivity contribution in [2.24, 2.45) is 0 Å². The average Bonchev–Trinajstić information content (AvgIpc) is 2.77. The van der Waals surface area contributed by atoms with Crippen molar-refractivity contribution in [1.82, 2.24) is 5.16 Å². The molecule has 18 heavy (non-hydrogen) atoms. The molecule has 4 nitrogen and oxygen atoms in total. The van der Waals surface area contributed by atoms with Crippen molar-refractivity contribution in [3.8, 4) is 11.3 Å². The number of hydrogen-bond acceptors (Lipinski definition) is 3. The molecule has 0 radical (unpaired) electrons. The Balaban J connectivity index is 2.39. The van der Waals surface area contributed by atoms with E-state index in [4.69, 9.17) is 21.2 Å². The number of carboxylic acids is 1. The first-order valence-electron chi connectivity index (χ1n) is 5.49. The van der Waals surface area contributed by atoms with Crippen molar-refractivity contribution < 1.29 is 14.4 Å². The Morgan fingerprint density at radius 3 is 2.61 bits per heavy atom. The summed E-state index contributed by atoms with van der Waals surface area (Å²) in [6.07, 6.45) is 0. The molecule has 94 valence electrons. The molecule has 0 aliphatic rings. The van der Waals surface area contributed by atoms with Gasteiger partial charge in [-0.25, -0.2) is 4.79 Å². The van der Waals surface area contributed by atoms with Crippen LogP contribution in [0.1, 0.15) is 35.9 Å². The van der Waals surface area contributed by atoms with Crippen LogP contribution in [0.2, 0.25) is 5.02 Å². The van der Waals surface area contributed by atoms with E-state index in [9.17, 15) is 4.79 Å². The zero-order valence-electron chi connectivity index (χ0n) is 9.98. The zero-order valence-corrected chi connectivity index (χ0v) is 10.7. The molecule has 2 rings (SSSR count). The Labute approximate surface area is 109 Å². The van der Waals surface area contributed by atoms with E-state index in [1.165, 1.54) is 6.07 Å². The van der Waals surface area contributed by atoms with Crippen LogP contribution >= 0.6 is 11.6 Å². The maximum atomic E-state index is 10.7. The minimum absolute atomic E-state index is 0.186. The van der Waals surface area contributed by atoms with Crippen LogP contribution in [0.15, 0.2) is 28.8 Å². The fourth-order valence-electron chi connectivity index (χ4n) is 1.67. The summed E-state index contributed by atoms with van der Waals surface area (Å²) in [5.41, 5.74) is 2.24. The molecule has 0 aliphatic carbocycles. The van der Waals surface area contributed by atoms with Crippen molar-refractivity contribution in [1.29, 1.82) is 0 Å². The number of rotatable bonds is 3. The second-order valence-electron chi connectivity index (χ2n) is 4.27. The van der Waals surface area contributed by atoms with Gasteiger partial charge in [-0.1, -0.05) is 42.7 Å². The van der Waals surface area contributed by atoms with Crippen molar-refractivity contribution in [3.05, 3.63) is 40.6 Å². The molecule has 1 aromatic heterocycles. The van der Waals surface area contributed by atoms with Gasteiger partial charge >= 0.3 is 5.97 Å². The molecule has 2 aromatic rings. The molecule has 0 fully saturated rings. The molecule has 1 aromatic carbocycles. The van der Waals surface area contributed by atoms with Gasteiger partial charge in [0, 0.05) is 16.7 Å². The summed E-state index contributed by atoms with van der Waals surface area (Å²) in [5.74, 6) is -0.994. The summed E-state index contributed by atoms with van der Waals surface area (Å²) >= 11 is 6.17. The second-order valence-corrected chi connectivity index (χ2v) is 4.68. The van der Waals surface area contributed by atoms with Crippen molar-refractivity contribution in [2.75, 3.05) is 0 Å². The van der Waals surface area contributed by atoms with Crippen LogP contribution in [-0.4, -0.2) is 16.2 Å². The molecule has 0 saturated carbocycles. The Kier molecular flexibility index (Phi) is 3.39. The summed E-state index contributed by atoms with van der Waals surface area (Å²) in [6, 6.07) is 6.91. The molecule has 0 spiro atoms. The van der Waals surface area contributed by atoms with Crippen LogP contribution in [0.4, 0.5) is 0 Å². The number of aromatic nitrogens is 1. The van der Waals surface area contributed by atoms with Gasteiger partial charge in [0.15, 0.2) is 0 Å². The van der Waals surface area contributed by atoms with Gasteiger partial charge in [-0.2, -0.15) is 0 Å². The summed E-state index contributed by atoms with van der Waals surface area (Å²) < 4.78 is 4.71. The predicted octanol–water partition coefficient (Wildman–Crippen LogP) is 3.82. The third-order valence-corrected chi connectivity index (χ3v) is 2.97. The van der Waals surface area contributed by atoms with E-state index in [1.54, 1.807) is 6.07 Å². The predicted molar refractivity (Wildman–Crippen MR) is 68.0 cm³/mol. The van der Waals surface area contributed by atoms with Crippen LogP contribution in [0, 0.1) is 0 Å². The number of aromatic carboxylic acids is 1. The van der Waals surface area contributed by atoms with E-state index in [0.29, 0.717) is 16.6 Å². The quantitative estimate of drug-likeness (QED) is 0.916. The molecular formula is C13H12ClNO3. The number of carbonyl (C=O) groups is 1. The van der Waals surface area contributed by atoms with E-state index < -0.39 is 5.97 Å². The molecule has 1 heterocycles. The first-order chi connectivity index (χ1) is 8.49. The molecular weight excluding hydrogens is 254 g/mol. The number of carboxylic acid groups (broad SMARTS) is 1. The van der Waals surface area contributed by atoms with Crippen LogP contribution < -0.4 is 0 Å². The van der Waals surface area contributed by atoms with Crippen LogP contribution in [0.3, 0.4) is 0 Å². The van der Waals surface area contributed by atoms with Crippen molar-refractivity contribution in [3.63, 3.8) is 0 Å². The molecule has 0 amide bonds. The zero-order chi connectivity index (χ0) is 13.3. The van der Waals surface area contributed by atoms with Gasteiger partial charge in [0.1, 0.15) is 5.69 Å². The maximum absolute atomic E-state index is 10.7. The highest BCUT2D eigenvalue weighted by atomic mass is 35.5. The highest BCUT2D eigenvalue weighted by Crippen LogP contribution is 2.29. The highest BCUT2D eigenvalue weighted by molar-refractivity contribution is 6.31. The molecule has 1 N–H and O–H groups in total. The standard InChI is InChI=1S/C13H12ClNO3/c1-7(2)9-4-3-8(5-10(9)14)11-6-12(13(16)17)18-15-11/h3-7H,1-2H3,(H,16,17). The smallest absolute Gasteiger partial charge is 0.374 e. The summed E-state index contributed by atoms with van der Waals surface area (Å²) in [6.45, 7) is 4.11. The molecule has 0 unspecified atom stereocenters. The Morgan fingerprint density at radius 2 is 2.11 bits per heavy atom. The van der Waals surface area contributed by atoms with Crippen LogP contribution in [-0.2, 0) is 0 Å². The van der Waals surface area contributed by atoms with Crippen LogP contribution in [0.25, 0.3) is 11.3 Å². The van der Waals surface area contributed by atoms with Gasteiger partial charge in [0.2, 0.25) is 5.76 Å². The largest absolute Gasteiger partial charge is 0.475 e. The Hall–Kier alpha value is -1.81. The van der Waals surface area contributed by atoms with Gasteiger partial charge in [-0.05, 0) is 17.5 Å². The van der Waals surface area contributed by atoms with E-state index in [-0.39, 0.29) is 5.76 Å². The second kappa shape index (κ2) is 4.82. The average molecular weight is 266 g/mol. The topological polar surface area (TPSA) is 63.3 Å². The first kappa shape index (κ1) is 12.6. The third kappa shape index (κ3) is 2.38. The van der Waals surface area contributed by atoms with Crippen molar-refractivity contribution in [2.45, 2.75) is 19.8 Å². The molecule has 0 bridgehead atoms. The third-order valence-electron chi connectivity index (χ3n) is 2.64. The Bertz CT molecular complexity index is 590. The Morgan fingerprint density at radius 1 is 1.39 bits per heavy atom. The lowest BCUT2D eigenvalue weighted by molar-refractivity contribution is 0.0652. The fraction of sp³-hybridized carbons (Fsp3) is 0.231. The van der Waals surface area contributed by atoms with Gasteiger partial charge < -0.3 is 9.63 Å². The molecule has 0 aliphatic heterocycles. The summed E-state index contributed by atoms with van der Waals surface area (Å²) in [7, 11) is 0. The van der Waals surface area contributed by atoms with Gasteiger partial charge in [-0.15, -0.1) is 0 Å². The number of hydrogen-bond donors (Lipinski definition) is 1. The number of nitrogens with zero attached hydrogens (tertiary/aromatic N) is 1. The fourth-order valence-corrected chi connectivity index (χ4v) is 2.07. The molecule has 0 saturated heterocycles. The normalized spacial score (nSPS) is 10.9. The van der Waals surface area contributed by atoms with E-state index in [0.717, 1.165) is 11.1 Å². The number of benzene rings is 1.